The lowest BCUT2D eigenvalue weighted by atomic mass is 9.84. The Labute approximate surface area is 335 Å². The van der Waals surface area contributed by atoms with Gasteiger partial charge in [0.1, 0.15) is 34.8 Å². The van der Waals surface area contributed by atoms with Crippen molar-refractivity contribution < 1.29 is 43.9 Å². The third kappa shape index (κ3) is 7.15. The van der Waals surface area contributed by atoms with Crippen molar-refractivity contribution in [3.63, 3.8) is 0 Å². The van der Waals surface area contributed by atoms with E-state index in [9.17, 15) is 35.2 Å². The van der Waals surface area contributed by atoms with Crippen molar-refractivity contribution in [3.8, 4) is 23.0 Å². The van der Waals surface area contributed by atoms with Gasteiger partial charge >= 0.3 is 6.18 Å². The van der Waals surface area contributed by atoms with Crippen LogP contribution in [0.25, 0.3) is 22.0 Å². The van der Waals surface area contributed by atoms with Crippen molar-refractivity contribution in [1.82, 2.24) is 34.1 Å². The van der Waals surface area contributed by atoms with Gasteiger partial charge in [0.2, 0.25) is 15.9 Å². The Morgan fingerprint density at radius 1 is 1.05 bits per heavy atom. The maximum absolute atomic E-state index is 16.1. The minimum absolute atomic E-state index is 0.00376. The maximum Gasteiger partial charge on any atom is 0.435 e. The number of rotatable bonds is 9. The zero-order valence-corrected chi connectivity index (χ0v) is 32.4. The molecule has 12 nitrogen and oxygen atoms in total. The first kappa shape index (κ1) is 39.9. The summed E-state index contributed by atoms with van der Waals surface area (Å²) in [6.45, 7) is 0. The second-order valence-electron chi connectivity index (χ2n) is 14.5. The largest absolute Gasteiger partial charge is 0.435 e. The molecule has 0 saturated heterocycles. The zero-order chi connectivity index (χ0) is 42.5. The van der Waals surface area contributed by atoms with Crippen LogP contribution in [-0.4, -0.2) is 54.7 Å². The first-order valence-corrected chi connectivity index (χ1v) is 19.9. The molecule has 4 atom stereocenters. The van der Waals surface area contributed by atoms with E-state index in [1.54, 1.807) is 17.8 Å². The molecular formula is C38H29ClF7N9O3S. The van der Waals surface area contributed by atoms with Gasteiger partial charge in [0.05, 0.1) is 34.2 Å². The van der Waals surface area contributed by atoms with Crippen LogP contribution in [0.5, 0.6) is 0 Å². The summed E-state index contributed by atoms with van der Waals surface area (Å²) in [5.74, 6) is -6.25. The van der Waals surface area contributed by atoms with Crippen LogP contribution in [-0.2, 0) is 47.4 Å². The van der Waals surface area contributed by atoms with E-state index in [0.717, 1.165) is 18.4 Å². The van der Waals surface area contributed by atoms with Gasteiger partial charge in [0.15, 0.2) is 11.5 Å². The number of halogens is 8. The molecule has 1 fully saturated rings. The van der Waals surface area contributed by atoms with Crippen molar-refractivity contribution in [1.29, 1.82) is 0 Å². The summed E-state index contributed by atoms with van der Waals surface area (Å²) in [7, 11) is -0.731. The number of nitrogens with zero attached hydrogens (tertiary/aromatic N) is 7. The highest BCUT2D eigenvalue weighted by Crippen LogP contribution is 2.69. The van der Waals surface area contributed by atoms with Gasteiger partial charge in [-0.2, -0.15) is 32.1 Å². The van der Waals surface area contributed by atoms with E-state index in [2.05, 4.69) is 31.7 Å². The van der Waals surface area contributed by atoms with E-state index in [4.69, 9.17) is 22.3 Å². The number of nitrogens with one attached hydrogen (secondary N) is 1. The number of primary amides is 1. The summed E-state index contributed by atoms with van der Waals surface area (Å²) in [4.78, 5) is 22.7. The molecule has 2 aromatic carbocycles. The van der Waals surface area contributed by atoms with E-state index in [0.29, 0.717) is 16.4 Å². The Hall–Kier alpha value is -5.94. The Balaban J connectivity index is 1.44. The van der Waals surface area contributed by atoms with Gasteiger partial charge in [-0.3, -0.25) is 14.2 Å². The molecule has 0 aliphatic heterocycles. The second kappa shape index (κ2) is 13.8. The number of hydrogen-bond donors (Lipinski definition) is 2. The number of amides is 1. The van der Waals surface area contributed by atoms with Crippen molar-refractivity contribution >= 4 is 44.3 Å². The van der Waals surface area contributed by atoms with Crippen LogP contribution in [0.15, 0.2) is 55.0 Å². The average Bonchev–Trinajstić information content (AvgIpc) is 3.35. The van der Waals surface area contributed by atoms with Gasteiger partial charge < -0.3 is 10.3 Å². The summed E-state index contributed by atoms with van der Waals surface area (Å²) in [5.41, 5.74) is 2.94. The standard InChI is InChI=1S/C38H29ClF7N9O3S/c1-53-15-21(48-16-53)5-4-20-6-7-22(23-8-9-27(39)29-31(23)54(2)51-36(29)52-59(3,57)58)30(49-20)25(12-17-10-18(40)13-19(41)11-17)32(35(47)56)55-34-28(33(50-55)38(44,45)46)24-14-26(24)37(34,42)43/h6-11,13,15-16,24-26,32H,12,14H2,1-3H3,(H2,47,56)(H,51,52)/t24-,25+,26+,32?/m0/s1. The number of sulfonamides is 1. The van der Waals surface area contributed by atoms with E-state index in [1.165, 1.54) is 42.3 Å². The van der Waals surface area contributed by atoms with Crippen LogP contribution in [0.3, 0.4) is 0 Å². The van der Waals surface area contributed by atoms with Gasteiger partial charge in [-0.1, -0.05) is 17.7 Å². The highest BCUT2D eigenvalue weighted by Gasteiger charge is 2.69. The molecular weight excluding hydrogens is 831 g/mol. The molecule has 2 aliphatic rings. The molecule has 4 heterocycles. The first-order chi connectivity index (χ1) is 27.6. The van der Waals surface area contributed by atoms with Gasteiger partial charge in [-0.25, -0.2) is 31.8 Å². The number of anilines is 1. The molecule has 3 N–H and O–H groups in total. The number of fused-ring (bicyclic) bond motifs is 4. The minimum Gasteiger partial charge on any atom is -0.368 e. The number of aryl methyl sites for hydroxylation is 2. The fourth-order valence-electron chi connectivity index (χ4n) is 7.96. The molecule has 8 rings (SSSR count). The lowest BCUT2D eigenvalue weighted by molar-refractivity contribution is -0.142. The summed E-state index contributed by atoms with van der Waals surface area (Å²) < 4.78 is 136. The van der Waals surface area contributed by atoms with Gasteiger partial charge in [0, 0.05) is 54.9 Å². The van der Waals surface area contributed by atoms with Crippen LogP contribution >= 0.6 is 11.6 Å². The number of hydrogen-bond acceptors (Lipinski definition) is 7. The Morgan fingerprint density at radius 2 is 1.73 bits per heavy atom. The number of carbonyl (C=O) groups is 1. The fraction of sp³-hybridized carbons (Fsp3) is 0.289. The minimum atomic E-state index is -5.22. The average molecular weight is 860 g/mol. The lowest BCUT2D eigenvalue weighted by Crippen LogP contribution is -2.37. The summed E-state index contributed by atoms with van der Waals surface area (Å²) in [6.07, 6.45) is -2.09. The molecule has 306 valence electrons. The van der Waals surface area contributed by atoms with Gasteiger partial charge in [-0.05, 0) is 66.5 Å². The molecule has 59 heavy (non-hydrogen) atoms. The number of carbonyl (C=O) groups excluding carboxylic acids is 1. The smallest absolute Gasteiger partial charge is 0.368 e. The monoisotopic (exact) mass is 859 g/mol. The molecule has 1 unspecified atom stereocenters. The van der Waals surface area contributed by atoms with Crippen molar-refractivity contribution in [2.75, 3.05) is 11.0 Å². The van der Waals surface area contributed by atoms with Gasteiger partial charge in [-0.15, -0.1) is 0 Å². The number of nitrogens with two attached hydrogens (primary N) is 1. The van der Waals surface area contributed by atoms with E-state index in [-0.39, 0.29) is 56.2 Å². The molecule has 0 radical (unpaired) electrons. The lowest BCUT2D eigenvalue weighted by Gasteiger charge is -2.29. The molecule has 4 aromatic heterocycles. The van der Waals surface area contributed by atoms with Crippen molar-refractivity contribution in [3.05, 3.63) is 111 Å². The van der Waals surface area contributed by atoms with Crippen LogP contribution in [0.1, 0.15) is 63.9 Å². The predicted octanol–water partition coefficient (Wildman–Crippen LogP) is 6.55. The number of alkyl halides is 5. The number of benzene rings is 2. The van der Waals surface area contributed by atoms with Crippen molar-refractivity contribution in [2.24, 2.45) is 25.7 Å². The SMILES string of the molecule is Cn1cnc(C#Cc2ccc(-c3ccc(Cl)c4c(NS(C)(=O)=O)nn(C)c34)c([C@@H](Cc3cc(F)cc(F)c3)C(C(N)=O)n3nc(C(F)(F)F)c4c3C(F)(F)[C@@H]3C[C@H]43)n2)c1. The van der Waals surface area contributed by atoms with Crippen LogP contribution in [0.2, 0.25) is 5.02 Å². The third-order valence-corrected chi connectivity index (χ3v) is 11.2. The third-order valence-electron chi connectivity index (χ3n) is 10.3. The number of pyridine rings is 1. The predicted molar refractivity (Wildman–Crippen MR) is 200 cm³/mol. The maximum atomic E-state index is 16.1. The summed E-state index contributed by atoms with van der Waals surface area (Å²) in [5, 5.41) is 8.09. The van der Waals surface area contributed by atoms with Gasteiger partial charge in [0.25, 0.3) is 5.92 Å². The Bertz CT molecular complexity index is 2890. The molecule has 21 heteroatoms. The van der Waals surface area contributed by atoms with Crippen LogP contribution < -0.4 is 10.5 Å². The van der Waals surface area contributed by atoms with E-state index < -0.39 is 86.8 Å². The highest BCUT2D eigenvalue weighted by molar-refractivity contribution is 7.92. The molecule has 0 bridgehead atoms. The first-order valence-electron chi connectivity index (χ1n) is 17.6. The molecule has 2 aliphatic carbocycles. The Kier molecular flexibility index (Phi) is 9.35. The quantitative estimate of drug-likeness (QED) is 0.124. The number of aromatic nitrogens is 7. The molecule has 1 saturated carbocycles. The molecule has 0 spiro atoms. The molecule has 1 amide bonds. The highest BCUT2D eigenvalue weighted by atomic mass is 35.5. The summed E-state index contributed by atoms with van der Waals surface area (Å²) >= 11 is 6.60. The zero-order valence-electron chi connectivity index (χ0n) is 30.8. The normalized spacial score (nSPS) is 17.9. The summed E-state index contributed by atoms with van der Waals surface area (Å²) in [6, 6.07) is 6.01. The van der Waals surface area contributed by atoms with Crippen molar-refractivity contribution in [2.45, 2.75) is 42.8 Å². The number of imidazole rings is 1. The molecule has 6 aromatic rings. The van der Waals surface area contributed by atoms with Crippen LogP contribution in [0, 0.1) is 29.4 Å². The Morgan fingerprint density at radius 3 is 2.36 bits per heavy atom. The van der Waals surface area contributed by atoms with Crippen LogP contribution in [0.4, 0.5) is 36.6 Å². The second-order valence-corrected chi connectivity index (χ2v) is 16.7. The van der Waals surface area contributed by atoms with E-state index in [1.807, 2.05) is 0 Å². The topological polar surface area (TPSA) is 156 Å². The van der Waals surface area contributed by atoms with E-state index >= 15 is 8.78 Å². The fourth-order valence-corrected chi connectivity index (χ4v) is 8.70.